The van der Waals surface area contributed by atoms with E-state index in [0.717, 1.165) is 44.8 Å². The maximum absolute atomic E-state index is 12.5. The summed E-state index contributed by atoms with van der Waals surface area (Å²) in [5, 5.41) is 3.50. The molecule has 0 saturated carbocycles. The number of aryl methyl sites for hydroxylation is 2. The van der Waals surface area contributed by atoms with E-state index in [0.29, 0.717) is 13.1 Å². The van der Waals surface area contributed by atoms with E-state index in [2.05, 4.69) is 15.3 Å². The highest BCUT2D eigenvalue weighted by molar-refractivity contribution is 7.15. The third-order valence-corrected chi connectivity index (χ3v) is 6.59. The lowest BCUT2D eigenvalue weighted by atomic mass is 9.97. The number of imide groups is 1. The number of aromatic nitrogens is 3. The van der Waals surface area contributed by atoms with Gasteiger partial charge in [0.05, 0.1) is 27.8 Å². The first-order valence-corrected chi connectivity index (χ1v) is 10.4. The second-order valence-corrected chi connectivity index (χ2v) is 8.28. The highest BCUT2D eigenvalue weighted by atomic mass is 32.1. The second-order valence-electron chi connectivity index (χ2n) is 7.25. The van der Waals surface area contributed by atoms with Crippen LogP contribution in [0.1, 0.15) is 35.3 Å². The maximum Gasteiger partial charge on any atom is 0.325 e. The van der Waals surface area contributed by atoms with Crippen LogP contribution < -0.4 is 5.32 Å². The Morgan fingerprint density at radius 3 is 2.66 bits per heavy atom. The molecule has 0 spiro atoms. The van der Waals surface area contributed by atoms with Crippen LogP contribution in [0.25, 0.3) is 10.6 Å². The van der Waals surface area contributed by atoms with E-state index in [-0.39, 0.29) is 30.8 Å². The van der Waals surface area contributed by atoms with Crippen molar-refractivity contribution < 1.29 is 14.4 Å². The van der Waals surface area contributed by atoms with Crippen LogP contribution in [0.4, 0.5) is 4.79 Å². The molecule has 1 N–H and O–H groups in total. The molecule has 2 aliphatic heterocycles. The van der Waals surface area contributed by atoms with Crippen LogP contribution in [-0.2, 0) is 9.59 Å². The third-order valence-electron chi connectivity index (χ3n) is 5.25. The Balaban J connectivity index is 1.39. The summed E-state index contributed by atoms with van der Waals surface area (Å²) in [5.41, 5.74) is 1.85. The first-order valence-electron chi connectivity index (χ1n) is 9.55. The molecule has 2 fully saturated rings. The molecule has 2 aromatic rings. The molecule has 4 amide bonds. The number of hydrogen-bond acceptors (Lipinski definition) is 7. The van der Waals surface area contributed by atoms with Gasteiger partial charge in [-0.05, 0) is 32.8 Å². The molecular formula is C19H22N6O3S. The number of thiazole rings is 1. The number of carbonyl (C=O) groups excluding carboxylic acids is 3. The van der Waals surface area contributed by atoms with E-state index in [1.807, 2.05) is 19.9 Å². The van der Waals surface area contributed by atoms with Crippen LogP contribution in [0.2, 0.25) is 0 Å². The fraction of sp³-hybridized carbons (Fsp3) is 0.474. The summed E-state index contributed by atoms with van der Waals surface area (Å²) in [6.07, 6.45) is 3.37. The average Bonchev–Trinajstić information content (AvgIpc) is 3.25. The summed E-state index contributed by atoms with van der Waals surface area (Å²) in [4.78, 5) is 53.0. The number of rotatable bonds is 4. The lowest BCUT2D eigenvalue weighted by Crippen LogP contribution is -2.45. The molecule has 4 heterocycles. The molecule has 2 aromatic heterocycles. The summed E-state index contributed by atoms with van der Waals surface area (Å²) in [5.74, 6) is 0.468. The van der Waals surface area contributed by atoms with Crippen molar-refractivity contribution in [3.63, 3.8) is 0 Å². The number of piperidine rings is 1. The summed E-state index contributed by atoms with van der Waals surface area (Å²) in [6, 6.07) is 1.40. The molecule has 0 bridgehead atoms. The molecule has 9 nitrogen and oxygen atoms in total. The highest BCUT2D eigenvalue weighted by Gasteiger charge is 2.33. The molecule has 0 radical (unpaired) electrons. The van der Waals surface area contributed by atoms with E-state index in [1.165, 1.54) is 0 Å². The smallest absolute Gasteiger partial charge is 0.325 e. The first kappa shape index (κ1) is 19.4. The van der Waals surface area contributed by atoms with E-state index < -0.39 is 6.03 Å². The molecular weight excluding hydrogens is 392 g/mol. The molecule has 0 aromatic carbocycles. The predicted molar refractivity (Wildman–Crippen MR) is 106 cm³/mol. The van der Waals surface area contributed by atoms with Crippen LogP contribution >= 0.6 is 11.3 Å². The zero-order valence-electron chi connectivity index (χ0n) is 16.3. The molecule has 0 unspecified atom stereocenters. The fourth-order valence-electron chi connectivity index (χ4n) is 3.64. The summed E-state index contributed by atoms with van der Waals surface area (Å²) >= 11 is 1.65. The minimum absolute atomic E-state index is 0.0359. The van der Waals surface area contributed by atoms with Crippen LogP contribution in [0.3, 0.4) is 0 Å². The largest absolute Gasteiger partial charge is 0.341 e. The zero-order chi connectivity index (χ0) is 20.5. The van der Waals surface area contributed by atoms with Gasteiger partial charge in [0.25, 0.3) is 5.91 Å². The van der Waals surface area contributed by atoms with E-state index in [1.54, 1.807) is 22.4 Å². The van der Waals surface area contributed by atoms with Gasteiger partial charge < -0.3 is 10.2 Å². The Kier molecular flexibility index (Phi) is 5.27. The van der Waals surface area contributed by atoms with Crippen molar-refractivity contribution >= 4 is 29.2 Å². The zero-order valence-corrected chi connectivity index (χ0v) is 17.2. The van der Waals surface area contributed by atoms with Gasteiger partial charge >= 0.3 is 6.03 Å². The predicted octanol–water partition coefficient (Wildman–Crippen LogP) is 1.47. The lowest BCUT2D eigenvalue weighted by Gasteiger charge is -2.31. The quantitative estimate of drug-likeness (QED) is 0.759. The minimum atomic E-state index is -0.496. The Morgan fingerprint density at radius 1 is 1.24 bits per heavy atom. The number of amides is 4. The van der Waals surface area contributed by atoms with Crippen LogP contribution in [0, 0.1) is 13.8 Å². The average molecular weight is 414 g/mol. The monoisotopic (exact) mass is 414 g/mol. The van der Waals surface area contributed by atoms with Crippen molar-refractivity contribution in [2.45, 2.75) is 32.6 Å². The third kappa shape index (κ3) is 3.98. The van der Waals surface area contributed by atoms with Crippen molar-refractivity contribution in [1.82, 2.24) is 30.1 Å². The fourth-order valence-corrected chi connectivity index (χ4v) is 4.84. The van der Waals surface area contributed by atoms with Crippen molar-refractivity contribution in [3.05, 3.63) is 28.8 Å². The number of carbonyl (C=O) groups is 3. The molecule has 0 atom stereocenters. The Bertz CT molecular complexity index is 951. The van der Waals surface area contributed by atoms with Gasteiger partial charge in [-0.2, -0.15) is 0 Å². The Labute approximate surface area is 172 Å². The van der Waals surface area contributed by atoms with Gasteiger partial charge in [-0.3, -0.25) is 14.5 Å². The number of nitrogens with one attached hydrogen (secondary N) is 1. The molecule has 4 rings (SSSR count). The molecule has 152 valence electrons. The van der Waals surface area contributed by atoms with Crippen molar-refractivity contribution in [2.75, 3.05) is 26.2 Å². The molecule has 2 aliphatic rings. The van der Waals surface area contributed by atoms with Gasteiger partial charge in [0.1, 0.15) is 12.4 Å². The number of urea groups is 1. The van der Waals surface area contributed by atoms with Gasteiger partial charge in [-0.25, -0.2) is 19.7 Å². The SMILES string of the molecule is Cc1nccc(-c2sc(C3CCN(C(=O)CN4C(=O)CNC4=O)CC3)nc2C)n1. The molecule has 0 aliphatic carbocycles. The van der Waals surface area contributed by atoms with Crippen molar-refractivity contribution in [2.24, 2.45) is 0 Å². The Morgan fingerprint density at radius 2 is 2.00 bits per heavy atom. The summed E-state index contributed by atoms with van der Waals surface area (Å²) < 4.78 is 0. The lowest BCUT2D eigenvalue weighted by molar-refractivity contribution is -0.137. The van der Waals surface area contributed by atoms with E-state index >= 15 is 0 Å². The standard InChI is InChI=1S/C19H22N6O3S/c1-11-17(14-3-6-20-12(2)23-14)29-18(22-11)13-4-7-24(8-5-13)16(27)10-25-15(26)9-21-19(25)28/h3,6,13H,4-5,7-10H2,1-2H3,(H,21,28). The van der Waals surface area contributed by atoms with Crippen LogP contribution in [0.5, 0.6) is 0 Å². The van der Waals surface area contributed by atoms with Crippen molar-refractivity contribution in [3.8, 4) is 10.6 Å². The van der Waals surface area contributed by atoms with Crippen LogP contribution in [0.15, 0.2) is 12.3 Å². The second kappa shape index (κ2) is 7.86. The van der Waals surface area contributed by atoms with E-state index in [9.17, 15) is 14.4 Å². The highest BCUT2D eigenvalue weighted by Crippen LogP contribution is 2.36. The van der Waals surface area contributed by atoms with Crippen LogP contribution in [-0.4, -0.2) is 68.8 Å². The van der Waals surface area contributed by atoms with Gasteiger partial charge in [0.15, 0.2) is 0 Å². The topological polar surface area (TPSA) is 108 Å². The maximum atomic E-state index is 12.5. The summed E-state index contributed by atoms with van der Waals surface area (Å²) in [7, 11) is 0. The first-order chi connectivity index (χ1) is 13.9. The van der Waals surface area contributed by atoms with Gasteiger partial charge in [0.2, 0.25) is 5.91 Å². The van der Waals surface area contributed by atoms with E-state index in [4.69, 9.17) is 4.98 Å². The minimum Gasteiger partial charge on any atom is -0.341 e. The molecule has 10 heteroatoms. The van der Waals surface area contributed by atoms with Gasteiger partial charge in [0, 0.05) is 25.2 Å². The molecule has 2 saturated heterocycles. The molecule has 29 heavy (non-hydrogen) atoms. The van der Waals surface area contributed by atoms with Crippen molar-refractivity contribution in [1.29, 1.82) is 0 Å². The van der Waals surface area contributed by atoms with Gasteiger partial charge in [-0.1, -0.05) is 0 Å². The van der Waals surface area contributed by atoms with Gasteiger partial charge in [-0.15, -0.1) is 11.3 Å². The number of hydrogen-bond donors (Lipinski definition) is 1. The Hall–Kier alpha value is -2.88. The normalized spacial score (nSPS) is 17.7. The summed E-state index contributed by atoms with van der Waals surface area (Å²) in [6.45, 7) is 4.81. The number of nitrogens with zero attached hydrogens (tertiary/aromatic N) is 5. The number of likely N-dealkylation sites (tertiary alicyclic amines) is 1.